The zero-order chi connectivity index (χ0) is 20.6. The minimum Gasteiger partial charge on any atom is -0.466 e. The predicted molar refractivity (Wildman–Crippen MR) is 116 cm³/mol. The van der Waals surface area contributed by atoms with E-state index >= 15 is 0 Å². The first-order chi connectivity index (χ1) is 13.8. The third kappa shape index (κ3) is 4.41. The van der Waals surface area contributed by atoms with Gasteiger partial charge in [-0.25, -0.2) is 4.98 Å². The van der Waals surface area contributed by atoms with Gasteiger partial charge in [0.15, 0.2) is 6.61 Å². The van der Waals surface area contributed by atoms with Crippen LogP contribution < -0.4 is 10.1 Å². The molecule has 0 bridgehead atoms. The number of likely N-dealkylation sites (tertiary alicyclic amines) is 1. The first-order valence-corrected chi connectivity index (χ1v) is 10.6. The van der Waals surface area contributed by atoms with Crippen molar-refractivity contribution in [2.75, 3.05) is 25.0 Å². The lowest BCUT2D eigenvalue weighted by Gasteiger charge is -2.42. The monoisotopic (exact) mass is 412 g/mol. The van der Waals surface area contributed by atoms with E-state index in [9.17, 15) is 4.79 Å². The standard InChI is InChI=1S/C22H28N4O2S/c1-14-9-17(10-15(2)23-14)11-16-5-4-8-26(12-16)22(3,29)19-7-6-18-21(25-19)28-13-20(27)24-18/h6-7,9-10,16,29H,4-5,8,11-13H2,1-3H3,(H,24,27)/t16-,22+/m1/s1. The van der Waals surface area contributed by atoms with E-state index in [1.165, 1.54) is 12.0 Å². The van der Waals surface area contributed by atoms with E-state index in [1.54, 1.807) is 0 Å². The Hall–Kier alpha value is -2.12. The highest BCUT2D eigenvalue weighted by Crippen LogP contribution is 2.38. The summed E-state index contributed by atoms with van der Waals surface area (Å²) >= 11 is 5.01. The number of hydrogen-bond acceptors (Lipinski definition) is 6. The molecule has 4 heterocycles. The molecule has 7 heteroatoms. The number of anilines is 1. The van der Waals surface area contributed by atoms with Gasteiger partial charge < -0.3 is 10.1 Å². The molecule has 2 atom stereocenters. The van der Waals surface area contributed by atoms with Crippen molar-refractivity contribution >= 4 is 24.2 Å². The predicted octanol–water partition coefficient (Wildman–Crippen LogP) is 3.48. The quantitative estimate of drug-likeness (QED) is 0.753. The first kappa shape index (κ1) is 20.2. The van der Waals surface area contributed by atoms with Gasteiger partial charge in [-0.3, -0.25) is 14.7 Å². The fraction of sp³-hybridized carbons (Fsp3) is 0.500. The number of carbonyl (C=O) groups excluding carboxylic acids is 1. The first-order valence-electron chi connectivity index (χ1n) is 10.2. The Morgan fingerprint density at radius 2 is 2.03 bits per heavy atom. The fourth-order valence-corrected chi connectivity index (χ4v) is 4.70. The Bertz CT molecular complexity index is 911. The Balaban J connectivity index is 1.50. The molecule has 0 aliphatic carbocycles. The Morgan fingerprint density at radius 1 is 1.28 bits per heavy atom. The van der Waals surface area contributed by atoms with Crippen molar-refractivity contribution in [2.45, 2.75) is 44.9 Å². The van der Waals surface area contributed by atoms with Gasteiger partial charge >= 0.3 is 0 Å². The number of aryl methyl sites for hydroxylation is 2. The highest BCUT2D eigenvalue weighted by molar-refractivity contribution is 7.81. The number of rotatable bonds is 4. The molecule has 2 aliphatic rings. The molecule has 1 fully saturated rings. The number of pyridine rings is 2. The normalized spacial score (nSPS) is 21.7. The summed E-state index contributed by atoms with van der Waals surface area (Å²) in [5.41, 5.74) is 4.98. The van der Waals surface area contributed by atoms with Crippen LogP contribution in [-0.4, -0.2) is 40.5 Å². The highest BCUT2D eigenvalue weighted by Gasteiger charge is 2.36. The van der Waals surface area contributed by atoms with E-state index in [-0.39, 0.29) is 12.5 Å². The number of piperidine rings is 1. The molecule has 1 saturated heterocycles. The van der Waals surface area contributed by atoms with Crippen LogP contribution in [0.15, 0.2) is 24.3 Å². The third-order valence-electron chi connectivity index (χ3n) is 5.76. The second-order valence-corrected chi connectivity index (χ2v) is 9.19. The molecule has 0 unspecified atom stereocenters. The lowest BCUT2D eigenvalue weighted by molar-refractivity contribution is -0.118. The maximum absolute atomic E-state index is 11.5. The van der Waals surface area contributed by atoms with E-state index in [0.29, 0.717) is 17.5 Å². The van der Waals surface area contributed by atoms with Crippen LogP contribution in [0.3, 0.4) is 0 Å². The number of carbonyl (C=O) groups is 1. The molecule has 0 spiro atoms. The SMILES string of the molecule is Cc1cc(C[C@H]2CCCN([C@@](C)(S)c3ccc4c(n3)OCC(=O)N4)C2)cc(C)n1. The highest BCUT2D eigenvalue weighted by atomic mass is 32.1. The number of nitrogens with one attached hydrogen (secondary N) is 1. The summed E-state index contributed by atoms with van der Waals surface area (Å²) in [6, 6.07) is 8.18. The maximum Gasteiger partial charge on any atom is 0.262 e. The van der Waals surface area contributed by atoms with Gasteiger partial charge in [0.25, 0.3) is 5.91 Å². The summed E-state index contributed by atoms with van der Waals surface area (Å²) < 4.78 is 5.50. The second-order valence-electron chi connectivity index (χ2n) is 8.32. The minimum absolute atomic E-state index is 0.00327. The molecule has 154 valence electrons. The summed E-state index contributed by atoms with van der Waals surface area (Å²) in [5, 5.41) is 2.79. The van der Waals surface area contributed by atoms with E-state index in [4.69, 9.17) is 17.4 Å². The van der Waals surface area contributed by atoms with Gasteiger partial charge in [-0.05, 0) is 82.3 Å². The van der Waals surface area contributed by atoms with Crippen molar-refractivity contribution in [3.8, 4) is 5.88 Å². The summed E-state index contributed by atoms with van der Waals surface area (Å²) in [6.07, 6.45) is 3.41. The molecule has 1 N–H and O–H groups in total. The fourth-order valence-electron chi connectivity index (χ4n) is 4.39. The number of hydrogen-bond donors (Lipinski definition) is 2. The topological polar surface area (TPSA) is 67.4 Å². The van der Waals surface area contributed by atoms with Gasteiger partial charge in [0, 0.05) is 17.9 Å². The number of fused-ring (bicyclic) bond motifs is 1. The van der Waals surface area contributed by atoms with E-state index in [0.717, 1.165) is 43.0 Å². The molecular formula is C22H28N4O2S. The molecule has 0 saturated carbocycles. The summed E-state index contributed by atoms with van der Waals surface area (Å²) in [6.45, 7) is 8.16. The zero-order valence-electron chi connectivity index (χ0n) is 17.2. The van der Waals surface area contributed by atoms with Crippen LogP contribution in [0.5, 0.6) is 5.88 Å². The van der Waals surface area contributed by atoms with Crippen molar-refractivity contribution in [3.63, 3.8) is 0 Å². The van der Waals surface area contributed by atoms with Crippen LogP contribution in [0.4, 0.5) is 5.69 Å². The van der Waals surface area contributed by atoms with E-state index in [2.05, 4.69) is 53.1 Å². The molecule has 29 heavy (non-hydrogen) atoms. The maximum atomic E-state index is 11.5. The van der Waals surface area contributed by atoms with Crippen molar-refractivity contribution in [1.82, 2.24) is 14.9 Å². The van der Waals surface area contributed by atoms with Crippen molar-refractivity contribution in [3.05, 3.63) is 46.9 Å². The van der Waals surface area contributed by atoms with Crippen LogP contribution in [0.25, 0.3) is 0 Å². The number of aromatic nitrogens is 2. The van der Waals surface area contributed by atoms with Gasteiger partial charge in [-0.1, -0.05) is 0 Å². The molecule has 0 aromatic carbocycles. The van der Waals surface area contributed by atoms with Crippen LogP contribution in [0, 0.1) is 19.8 Å². The van der Waals surface area contributed by atoms with Crippen molar-refractivity contribution in [2.24, 2.45) is 5.92 Å². The average molecular weight is 413 g/mol. The average Bonchev–Trinajstić information content (AvgIpc) is 2.67. The molecular weight excluding hydrogens is 384 g/mol. The van der Waals surface area contributed by atoms with Crippen molar-refractivity contribution in [1.29, 1.82) is 0 Å². The Morgan fingerprint density at radius 3 is 2.79 bits per heavy atom. The molecule has 4 rings (SSSR count). The second kappa shape index (κ2) is 7.95. The molecule has 2 aromatic rings. The van der Waals surface area contributed by atoms with Crippen molar-refractivity contribution < 1.29 is 9.53 Å². The van der Waals surface area contributed by atoms with Crippen LogP contribution >= 0.6 is 12.6 Å². The van der Waals surface area contributed by atoms with Gasteiger partial charge in [-0.15, -0.1) is 0 Å². The zero-order valence-corrected chi connectivity index (χ0v) is 18.1. The molecule has 0 radical (unpaired) electrons. The Labute approximate surface area is 177 Å². The van der Waals surface area contributed by atoms with E-state index < -0.39 is 4.87 Å². The largest absolute Gasteiger partial charge is 0.466 e. The summed E-state index contributed by atoms with van der Waals surface area (Å²) in [5.74, 6) is 0.893. The molecule has 1 amide bonds. The number of thiol groups is 1. The van der Waals surface area contributed by atoms with Gasteiger partial charge in [0.1, 0.15) is 10.6 Å². The van der Waals surface area contributed by atoms with Crippen LogP contribution in [0.1, 0.15) is 42.4 Å². The lowest BCUT2D eigenvalue weighted by atomic mass is 9.90. The molecule has 2 aliphatic heterocycles. The smallest absolute Gasteiger partial charge is 0.262 e. The van der Waals surface area contributed by atoms with Crippen LogP contribution in [0.2, 0.25) is 0 Å². The van der Waals surface area contributed by atoms with E-state index in [1.807, 2.05) is 12.1 Å². The molecule has 6 nitrogen and oxygen atoms in total. The lowest BCUT2D eigenvalue weighted by Crippen LogP contribution is -2.46. The van der Waals surface area contributed by atoms with Gasteiger partial charge in [0.05, 0.1) is 5.69 Å². The van der Waals surface area contributed by atoms with Crippen LogP contribution in [-0.2, 0) is 16.1 Å². The number of ether oxygens (including phenoxy) is 1. The van der Waals surface area contributed by atoms with Gasteiger partial charge in [-0.2, -0.15) is 12.6 Å². The summed E-state index contributed by atoms with van der Waals surface area (Å²) in [4.78, 5) is 22.5. The minimum atomic E-state index is -0.511. The Kier molecular flexibility index (Phi) is 5.53. The van der Waals surface area contributed by atoms with Gasteiger partial charge in [0.2, 0.25) is 5.88 Å². The number of amides is 1. The third-order valence-corrected chi connectivity index (χ3v) is 6.27. The molecule has 2 aromatic heterocycles. The number of nitrogens with zero attached hydrogens (tertiary/aromatic N) is 3. The summed E-state index contributed by atoms with van der Waals surface area (Å²) in [7, 11) is 0.